The molecule has 1 aromatic heterocycles. The molecule has 0 saturated carbocycles. The first-order valence-electron chi connectivity index (χ1n) is 10.4. The summed E-state index contributed by atoms with van der Waals surface area (Å²) in [6, 6.07) is 13.5. The topological polar surface area (TPSA) is 138 Å². The van der Waals surface area contributed by atoms with E-state index in [1.54, 1.807) is 36.4 Å². The fourth-order valence-electron chi connectivity index (χ4n) is 3.64. The number of likely N-dealkylation sites (tertiary alicyclic amines) is 1. The Hall–Kier alpha value is -3.99. The summed E-state index contributed by atoms with van der Waals surface area (Å²) in [5.41, 5.74) is 0.162. The Balaban J connectivity index is 1.48. The molecule has 178 valence electrons. The Kier molecular flexibility index (Phi) is 6.46. The Bertz CT molecular complexity index is 1310. The Morgan fingerprint density at radius 1 is 1.18 bits per heavy atom. The summed E-state index contributed by atoms with van der Waals surface area (Å²) < 4.78 is 38.6. The van der Waals surface area contributed by atoms with Crippen LogP contribution in [-0.4, -0.2) is 43.9 Å². The highest BCUT2D eigenvalue weighted by Crippen LogP contribution is 2.31. The van der Waals surface area contributed by atoms with E-state index < -0.39 is 21.8 Å². The van der Waals surface area contributed by atoms with Gasteiger partial charge in [-0.25, -0.2) is 8.42 Å². The number of benzene rings is 2. The highest BCUT2D eigenvalue weighted by Gasteiger charge is 2.35. The number of nitrogens with one attached hydrogen (secondary N) is 2. The molecule has 2 amide bonds. The lowest BCUT2D eigenvalue weighted by atomic mass is 10.1. The van der Waals surface area contributed by atoms with Gasteiger partial charge in [0.05, 0.1) is 42.1 Å². The standard InChI is InChI=1S/C23H23N3O7S/c1-32-21-7-3-2-6-18(21)25-34(30,31)17-8-9-20(27)19(12-17)24-23(29)15-11-22(28)26(13-15)14-16-5-4-10-33-16/h2-10,12,15,25,27H,11,13-14H2,1H3,(H,24,29). The number of phenols is 1. The summed E-state index contributed by atoms with van der Waals surface area (Å²) in [5, 5.41) is 12.7. The number of sulfonamides is 1. The molecule has 11 heteroatoms. The molecule has 3 aromatic rings. The molecule has 1 aliphatic rings. The largest absolute Gasteiger partial charge is 0.506 e. The number of furan rings is 1. The van der Waals surface area contributed by atoms with Gasteiger partial charge >= 0.3 is 0 Å². The molecular formula is C23H23N3O7S. The fraction of sp³-hybridized carbons (Fsp3) is 0.217. The Morgan fingerprint density at radius 2 is 1.97 bits per heavy atom. The van der Waals surface area contributed by atoms with Crippen LogP contribution in [0.4, 0.5) is 11.4 Å². The van der Waals surface area contributed by atoms with Crippen LogP contribution in [0.15, 0.2) is 70.2 Å². The maximum Gasteiger partial charge on any atom is 0.262 e. The fourth-order valence-corrected chi connectivity index (χ4v) is 4.74. The summed E-state index contributed by atoms with van der Waals surface area (Å²) >= 11 is 0. The van der Waals surface area contributed by atoms with E-state index in [0.717, 1.165) is 6.07 Å². The predicted octanol–water partition coefficient (Wildman–Crippen LogP) is 2.78. The van der Waals surface area contributed by atoms with E-state index in [9.17, 15) is 23.1 Å². The summed E-state index contributed by atoms with van der Waals surface area (Å²) in [6.07, 6.45) is 1.51. The van der Waals surface area contributed by atoms with Crippen molar-refractivity contribution in [2.45, 2.75) is 17.9 Å². The van der Waals surface area contributed by atoms with E-state index in [1.807, 2.05) is 0 Å². The molecule has 10 nitrogen and oxygen atoms in total. The van der Waals surface area contributed by atoms with Crippen molar-refractivity contribution in [3.8, 4) is 11.5 Å². The number of para-hydroxylation sites is 2. The molecule has 0 bridgehead atoms. The molecule has 34 heavy (non-hydrogen) atoms. The number of carbonyl (C=O) groups is 2. The monoisotopic (exact) mass is 485 g/mol. The number of hydrogen-bond acceptors (Lipinski definition) is 7. The van der Waals surface area contributed by atoms with Crippen molar-refractivity contribution in [2.24, 2.45) is 5.92 Å². The second kappa shape index (κ2) is 9.48. The van der Waals surface area contributed by atoms with Gasteiger partial charge in [-0.15, -0.1) is 0 Å². The number of anilines is 2. The zero-order chi connectivity index (χ0) is 24.3. The number of carbonyl (C=O) groups excluding carboxylic acids is 2. The van der Waals surface area contributed by atoms with Crippen LogP contribution in [0.3, 0.4) is 0 Å². The SMILES string of the molecule is COc1ccccc1NS(=O)(=O)c1ccc(O)c(NC(=O)C2CC(=O)N(Cc3ccco3)C2)c1. The number of hydrogen-bond donors (Lipinski definition) is 3. The number of phenolic OH excluding ortho intramolecular Hbond substituents is 1. The molecule has 2 aromatic carbocycles. The lowest BCUT2D eigenvalue weighted by Crippen LogP contribution is -2.28. The third-order valence-electron chi connectivity index (χ3n) is 5.40. The number of aromatic hydroxyl groups is 1. The van der Waals surface area contributed by atoms with Crippen molar-refractivity contribution in [2.75, 3.05) is 23.7 Å². The van der Waals surface area contributed by atoms with E-state index in [2.05, 4.69) is 10.0 Å². The first-order chi connectivity index (χ1) is 16.3. The van der Waals surface area contributed by atoms with Crippen LogP contribution < -0.4 is 14.8 Å². The van der Waals surface area contributed by atoms with Crippen molar-refractivity contribution in [3.05, 3.63) is 66.6 Å². The minimum absolute atomic E-state index is 0.000645. The van der Waals surface area contributed by atoms with Crippen LogP contribution in [0.2, 0.25) is 0 Å². The van der Waals surface area contributed by atoms with Gasteiger partial charge in [-0.05, 0) is 42.5 Å². The number of ether oxygens (including phenoxy) is 1. The van der Waals surface area contributed by atoms with Crippen molar-refractivity contribution >= 4 is 33.2 Å². The molecule has 1 unspecified atom stereocenters. The predicted molar refractivity (Wildman–Crippen MR) is 123 cm³/mol. The smallest absolute Gasteiger partial charge is 0.262 e. The summed E-state index contributed by atoms with van der Waals surface area (Å²) in [5.74, 6) is -0.720. The molecule has 3 N–H and O–H groups in total. The van der Waals surface area contributed by atoms with Crippen molar-refractivity contribution < 1.29 is 32.3 Å². The average molecular weight is 486 g/mol. The van der Waals surface area contributed by atoms with Gasteiger partial charge in [0.15, 0.2) is 0 Å². The lowest BCUT2D eigenvalue weighted by Gasteiger charge is -2.16. The van der Waals surface area contributed by atoms with E-state index in [4.69, 9.17) is 9.15 Å². The first kappa shape index (κ1) is 23.2. The summed E-state index contributed by atoms with van der Waals surface area (Å²) in [6.45, 7) is 0.433. The third-order valence-corrected chi connectivity index (χ3v) is 6.76. The molecular weight excluding hydrogens is 462 g/mol. The number of methoxy groups -OCH3 is 1. The van der Waals surface area contributed by atoms with Gasteiger partial charge in [-0.1, -0.05) is 12.1 Å². The van der Waals surface area contributed by atoms with Gasteiger partial charge in [0.1, 0.15) is 17.3 Å². The molecule has 1 saturated heterocycles. The maximum atomic E-state index is 12.9. The zero-order valence-corrected chi connectivity index (χ0v) is 19.0. The van der Waals surface area contributed by atoms with Crippen LogP contribution in [0.25, 0.3) is 0 Å². The normalized spacial score (nSPS) is 15.9. The van der Waals surface area contributed by atoms with Crippen LogP contribution >= 0.6 is 0 Å². The maximum absolute atomic E-state index is 12.9. The van der Waals surface area contributed by atoms with Gasteiger partial charge in [0, 0.05) is 13.0 Å². The molecule has 0 aliphatic carbocycles. The summed E-state index contributed by atoms with van der Waals surface area (Å²) in [4.78, 5) is 26.4. The van der Waals surface area contributed by atoms with Crippen LogP contribution in [0, 0.1) is 5.92 Å². The van der Waals surface area contributed by atoms with Gasteiger partial charge in [-0.2, -0.15) is 0 Å². The molecule has 0 radical (unpaired) electrons. The number of rotatable bonds is 8. The molecule has 0 spiro atoms. The van der Waals surface area contributed by atoms with Gasteiger partial charge in [0.2, 0.25) is 11.8 Å². The van der Waals surface area contributed by atoms with Gasteiger partial charge in [0.25, 0.3) is 10.0 Å². The number of amides is 2. The van der Waals surface area contributed by atoms with Crippen LogP contribution in [0.1, 0.15) is 12.2 Å². The van der Waals surface area contributed by atoms with Gasteiger partial charge in [-0.3, -0.25) is 14.3 Å². The van der Waals surface area contributed by atoms with E-state index >= 15 is 0 Å². The highest BCUT2D eigenvalue weighted by molar-refractivity contribution is 7.92. The van der Waals surface area contributed by atoms with Gasteiger partial charge < -0.3 is 24.5 Å². The first-order valence-corrected chi connectivity index (χ1v) is 11.8. The Morgan fingerprint density at radius 3 is 2.71 bits per heavy atom. The third kappa shape index (κ3) is 4.99. The second-order valence-electron chi connectivity index (χ2n) is 7.73. The van der Waals surface area contributed by atoms with E-state index in [0.29, 0.717) is 11.5 Å². The minimum Gasteiger partial charge on any atom is -0.506 e. The minimum atomic E-state index is -4.05. The Labute approximate surface area is 196 Å². The molecule has 1 atom stereocenters. The summed E-state index contributed by atoms with van der Waals surface area (Å²) in [7, 11) is -2.63. The molecule has 2 heterocycles. The number of nitrogens with zero attached hydrogens (tertiary/aromatic N) is 1. The van der Waals surface area contributed by atoms with Crippen molar-refractivity contribution in [1.82, 2.24) is 4.90 Å². The highest BCUT2D eigenvalue weighted by atomic mass is 32.2. The quantitative estimate of drug-likeness (QED) is 0.417. The molecule has 4 rings (SSSR count). The molecule has 1 fully saturated rings. The van der Waals surface area contributed by atoms with E-state index in [1.165, 1.54) is 30.4 Å². The van der Waals surface area contributed by atoms with Crippen molar-refractivity contribution in [3.63, 3.8) is 0 Å². The van der Waals surface area contributed by atoms with Crippen molar-refractivity contribution in [1.29, 1.82) is 0 Å². The zero-order valence-electron chi connectivity index (χ0n) is 18.2. The van der Waals surface area contributed by atoms with E-state index in [-0.39, 0.29) is 47.4 Å². The van der Waals surface area contributed by atoms with Crippen LogP contribution in [0.5, 0.6) is 11.5 Å². The lowest BCUT2D eigenvalue weighted by molar-refractivity contribution is -0.128. The average Bonchev–Trinajstić information content (AvgIpc) is 3.45. The molecule has 1 aliphatic heterocycles. The second-order valence-corrected chi connectivity index (χ2v) is 9.41. The van der Waals surface area contributed by atoms with Crippen LogP contribution in [-0.2, 0) is 26.2 Å².